The molecule has 0 atom stereocenters. The quantitative estimate of drug-likeness (QED) is 0.456. The van der Waals surface area contributed by atoms with Crippen molar-refractivity contribution in [3.8, 4) is 6.07 Å². The topological polar surface area (TPSA) is 119 Å². The van der Waals surface area contributed by atoms with Crippen LogP contribution in [-0.4, -0.2) is 20.2 Å². The van der Waals surface area contributed by atoms with Crippen molar-refractivity contribution in [1.29, 1.82) is 5.26 Å². The van der Waals surface area contributed by atoms with E-state index in [-0.39, 0.29) is 17.8 Å². The molecule has 0 radical (unpaired) electrons. The minimum absolute atomic E-state index is 0.0635. The zero-order chi connectivity index (χ0) is 19.4. The van der Waals surface area contributed by atoms with Crippen LogP contribution in [0.4, 0.5) is 29.2 Å². The van der Waals surface area contributed by atoms with E-state index in [0.29, 0.717) is 27.0 Å². The fourth-order valence-corrected chi connectivity index (χ4v) is 2.91. The molecule has 0 saturated carbocycles. The van der Waals surface area contributed by atoms with E-state index >= 15 is 0 Å². The van der Waals surface area contributed by atoms with Gasteiger partial charge in [-0.2, -0.15) is 20.2 Å². The molecule has 8 nitrogen and oxygen atoms in total. The van der Waals surface area contributed by atoms with Crippen molar-refractivity contribution in [2.24, 2.45) is 0 Å². The van der Waals surface area contributed by atoms with Gasteiger partial charge in [0.2, 0.25) is 11.9 Å². The number of rotatable bonds is 5. The Bertz CT molecular complexity index is 996. The molecule has 136 valence electrons. The summed E-state index contributed by atoms with van der Waals surface area (Å²) in [6, 6.07) is 12.1. The number of anilines is 5. The van der Waals surface area contributed by atoms with Crippen molar-refractivity contribution < 1.29 is 5.21 Å². The molecule has 1 heterocycles. The summed E-state index contributed by atoms with van der Waals surface area (Å²) in [5.41, 5.74) is 4.47. The first-order valence-electron chi connectivity index (χ1n) is 7.64. The molecule has 27 heavy (non-hydrogen) atoms. The molecule has 0 unspecified atom stereocenters. The summed E-state index contributed by atoms with van der Waals surface area (Å²) < 4.78 is 0. The van der Waals surface area contributed by atoms with Crippen molar-refractivity contribution in [2.45, 2.75) is 6.92 Å². The Kier molecular flexibility index (Phi) is 5.57. The van der Waals surface area contributed by atoms with E-state index in [2.05, 4.69) is 25.6 Å². The van der Waals surface area contributed by atoms with Gasteiger partial charge < -0.3 is 10.6 Å². The van der Waals surface area contributed by atoms with Crippen LogP contribution in [0.3, 0.4) is 0 Å². The maximum Gasteiger partial charge on any atom is 0.253 e. The number of benzene rings is 2. The lowest BCUT2D eigenvalue weighted by molar-refractivity contribution is 0.382. The van der Waals surface area contributed by atoms with Crippen LogP contribution in [0.1, 0.15) is 11.1 Å². The van der Waals surface area contributed by atoms with Gasteiger partial charge in [0, 0.05) is 10.7 Å². The highest BCUT2D eigenvalue weighted by atomic mass is 35.5. The van der Waals surface area contributed by atoms with E-state index in [9.17, 15) is 5.21 Å². The summed E-state index contributed by atoms with van der Waals surface area (Å²) in [5, 5.41) is 24.9. The molecule has 0 amide bonds. The smallest absolute Gasteiger partial charge is 0.253 e. The third-order valence-electron chi connectivity index (χ3n) is 3.49. The summed E-state index contributed by atoms with van der Waals surface area (Å²) in [5.74, 6) is 0.271. The van der Waals surface area contributed by atoms with Gasteiger partial charge in [0.1, 0.15) is 0 Å². The zero-order valence-electron chi connectivity index (χ0n) is 14.0. The van der Waals surface area contributed by atoms with Crippen molar-refractivity contribution in [1.82, 2.24) is 15.0 Å². The van der Waals surface area contributed by atoms with Crippen LogP contribution >= 0.6 is 23.2 Å². The number of aryl methyl sites for hydroxylation is 1. The Hall–Kier alpha value is -3.12. The first-order chi connectivity index (χ1) is 13.0. The normalized spacial score (nSPS) is 10.2. The van der Waals surface area contributed by atoms with Gasteiger partial charge in [-0.3, -0.25) is 5.21 Å². The molecule has 3 rings (SSSR count). The lowest BCUT2D eigenvalue weighted by Crippen LogP contribution is -2.08. The molecule has 0 saturated heterocycles. The fraction of sp³-hybridized carbons (Fsp3) is 0.0588. The van der Waals surface area contributed by atoms with E-state index in [1.54, 1.807) is 36.4 Å². The lowest BCUT2D eigenvalue weighted by atomic mass is 10.2. The maximum absolute atomic E-state index is 9.19. The molecule has 10 heteroatoms. The largest absolute Gasteiger partial charge is 0.324 e. The zero-order valence-corrected chi connectivity index (χ0v) is 15.5. The molecule has 0 bridgehead atoms. The Morgan fingerprint density at radius 1 is 0.963 bits per heavy atom. The number of hydrogen-bond donors (Lipinski definition) is 4. The molecule has 0 aliphatic heterocycles. The predicted octanol–water partition coefficient (Wildman–Crippen LogP) is 4.65. The minimum Gasteiger partial charge on any atom is -0.324 e. The molecule has 1 aromatic heterocycles. The Morgan fingerprint density at radius 3 is 2.19 bits per heavy atom. The number of nitrogens with one attached hydrogen (secondary N) is 3. The fourth-order valence-electron chi connectivity index (χ4n) is 2.27. The number of hydrogen-bond acceptors (Lipinski definition) is 8. The summed E-state index contributed by atoms with van der Waals surface area (Å²) >= 11 is 12.2. The van der Waals surface area contributed by atoms with Crippen molar-refractivity contribution >= 4 is 52.4 Å². The summed E-state index contributed by atoms with van der Waals surface area (Å²) in [4.78, 5) is 12.4. The van der Waals surface area contributed by atoms with E-state index in [1.807, 2.05) is 18.5 Å². The second-order valence-corrected chi connectivity index (χ2v) is 6.28. The third-order valence-corrected chi connectivity index (χ3v) is 4.01. The maximum atomic E-state index is 9.19. The first-order valence-corrected chi connectivity index (χ1v) is 8.40. The molecule has 0 spiro atoms. The molecular formula is C17H13Cl2N7O. The average Bonchev–Trinajstić information content (AvgIpc) is 2.65. The second kappa shape index (κ2) is 8.05. The van der Waals surface area contributed by atoms with E-state index < -0.39 is 0 Å². The molecule has 0 fully saturated rings. The minimum atomic E-state index is -0.0635. The van der Waals surface area contributed by atoms with Gasteiger partial charge in [-0.15, -0.1) is 0 Å². The van der Waals surface area contributed by atoms with Crippen LogP contribution in [0, 0.1) is 18.3 Å². The van der Waals surface area contributed by atoms with Crippen LogP contribution < -0.4 is 16.1 Å². The second-order valence-electron chi connectivity index (χ2n) is 5.44. The number of nitrogens with zero attached hydrogens (tertiary/aromatic N) is 4. The highest BCUT2D eigenvalue weighted by molar-refractivity contribution is 6.36. The van der Waals surface area contributed by atoms with Gasteiger partial charge in [0.15, 0.2) is 0 Å². The molecular weight excluding hydrogens is 389 g/mol. The third kappa shape index (κ3) is 4.54. The molecule has 0 aliphatic rings. The standard InChI is InChI=1S/C17H13Cl2N7O/c1-9-6-11(18)7-13(19)14(9)22-16-23-15(24-17(25-16)26-27)21-12-4-2-10(8-20)3-5-12/h2-7,27H,1H3,(H3,21,22,23,24,25,26). The first kappa shape index (κ1) is 18.7. The monoisotopic (exact) mass is 401 g/mol. The lowest BCUT2D eigenvalue weighted by Gasteiger charge is -2.13. The summed E-state index contributed by atoms with van der Waals surface area (Å²) in [6.45, 7) is 1.84. The van der Waals surface area contributed by atoms with Crippen LogP contribution in [0.25, 0.3) is 0 Å². The van der Waals surface area contributed by atoms with Gasteiger partial charge in [0.25, 0.3) is 5.95 Å². The predicted molar refractivity (Wildman–Crippen MR) is 104 cm³/mol. The Balaban J connectivity index is 1.90. The van der Waals surface area contributed by atoms with Gasteiger partial charge in [-0.1, -0.05) is 23.2 Å². The van der Waals surface area contributed by atoms with E-state index in [4.69, 9.17) is 28.5 Å². The SMILES string of the molecule is Cc1cc(Cl)cc(Cl)c1Nc1nc(NO)nc(Nc2ccc(C#N)cc2)n1. The van der Waals surface area contributed by atoms with Gasteiger partial charge in [-0.05, 0) is 48.9 Å². The van der Waals surface area contributed by atoms with Crippen LogP contribution in [0.15, 0.2) is 36.4 Å². The molecule has 0 aliphatic carbocycles. The number of halogens is 2. The highest BCUT2D eigenvalue weighted by Crippen LogP contribution is 2.31. The van der Waals surface area contributed by atoms with E-state index in [1.165, 1.54) is 0 Å². The molecule has 4 N–H and O–H groups in total. The van der Waals surface area contributed by atoms with Crippen LogP contribution in [-0.2, 0) is 0 Å². The van der Waals surface area contributed by atoms with E-state index in [0.717, 1.165) is 5.56 Å². The van der Waals surface area contributed by atoms with Gasteiger partial charge in [-0.25, -0.2) is 5.48 Å². The van der Waals surface area contributed by atoms with Crippen molar-refractivity contribution in [3.63, 3.8) is 0 Å². The molecule has 3 aromatic rings. The van der Waals surface area contributed by atoms with Crippen LogP contribution in [0.5, 0.6) is 0 Å². The highest BCUT2D eigenvalue weighted by Gasteiger charge is 2.11. The number of nitriles is 1. The Morgan fingerprint density at radius 2 is 1.59 bits per heavy atom. The van der Waals surface area contributed by atoms with Crippen LogP contribution in [0.2, 0.25) is 10.0 Å². The van der Waals surface area contributed by atoms with Crippen molar-refractivity contribution in [2.75, 3.05) is 16.1 Å². The summed E-state index contributed by atoms with van der Waals surface area (Å²) in [6.07, 6.45) is 0. The van der Waals surface area contributed by atoms with Crippen molar-refractivity contribution in [3.05, 3.63) is 57.6 Å². The van der Waals surface area contributed by atoms with Gasteiger partial charge >= 0.3 is 0 Å². The number of aromatic nitrogens is 3. The molecule has 2 aromatic carbocycles. The van der Waals surface area contributed by atoms with Gasteiger partial charge in [0.05, 0.1) is 22.3 Å². The summed E-state index contributed by atoms with van der Waals surface area (Å²) in [7, 11) is 0. The Labute approximate surface area is 164 Å². The average molecular weight is 402 g/mol.